The maximum atomic E-state index is 13.1. The SMILES string of the molecule is Cc1ccc(OC(=O)N(C)[C@@H]2CN(C(=O)CCN3CCOCC3)C[C@H]2c2ccc(Cl)cc2)cc1. The summed E-state index contributed by atoms with van der Waals surface area (Å²) in [7, 11) is 1.74. The van der Waals surface area contributed by atoms with Gasteiger partial charge in [0.1, 0.15) is 5.75 Å². The van der Waals surface area contributed by atoms with Crippen LogP contribution in [0.4, 0.5) is 4.79 Å². The molecule has 0 N–H and O–H groups in total. The van der Waals surface area contributed by atoms with E-state index in [0.717, 1.165) is 30.8 Å². The lowest BCUT2D eigenvalue weighted by Crippen LogP contribution is -2.43. The zero-order valence-electron chi connectivity index (χ0n) is 19.8. The number of nitrogens with zero attached hydrogens (tertiary/aromatic N) is 3. The minimum Gasteiger partial charge on any atom is -0.410 e. The van der Waals surface area contributed by atoms with Crippen molar-refractivity contribution in [3.8, 4) is 5.75 Å². The summed E-state index contributed by atoms with van der Waals surface area (Å²) in [6.07, 6.45) is 0.0212. The zero-order valence-corrected chi connectivity index (χ0v) is 20.5. The average molecular weight is 486 g/mol. The quantitative estimate of drug-likeness (QED) is 0.623. The molecule has 2 amide bonds. The number of carbonyl (C=O) groups excluding carboxylic acids is 2. The molecular formula is C26H32ClN3O4. The maximum Gasteiger partial charge on any atom is 0.415 e. The molecule has 8 heteroatoms. The van der Waals surface area contributed by atoms with Gasteiger partial charge in [-0.1, -0.05) is 41.4 Å². The fraction of sp³-hybridized carbons (Fsp3) is 0.462. The zero-order chi connectivity index (χ0) is 24.1. The van der Waals surface area contributed by atoms with E-state index in [0.29, 0.717) is 43.5 Å². The number of morpholine rings is 1. The number of hydrogen-bond acceptors (Lipinski definition) is 5. The molecule has 2 aliphatic rings. The van der Waals surface area contributed by atoms with Crippen molar-refractivity contribution in [3.05, 3.63) is 64.7 Å². The molecule has 2 aromatic carbocycles. The van der Waals surface area contributed by atoms with Gasteiger partial charge in [-0.2, -0.15) is 0 Å². The molecule has 0 saturated carbocycles. The number of rotatable bonds is 6. The molecule has 2 aromatic rings. The minimum atomic E-state index is -0.435. The Hall–Kier alpha value is -2.61. The summed E-state index contributed by atoms with van der Waals surface area (Å²) in [6.45, 7) is 6.87. The summed E-state index contributed by atoms with van der Waals surface area (Å²) in [6, 6.07) is 14.8. The minimum absolute atomic E-state index is 0.0276. The van der Waals surface area contributed by atoms with Gasteiger partial charge < -0.3 is 19.3 Å². The van der Waals surface area contributed by atoms with Crippen LogP contribution >= 0.6 is 11.6 Å². The predicted molar refractivity (Wildman–Crippen MR) is 131 cm³/mol. The highest BCUT2D eigenvalue weighted by Crippen LogP contribution is 2.32. The number of carbonyl (C=O) groups is 2. The van der Waals surface area contributed by atoms with Crippen LogP contribution in [0.2, 0.25) is 5.02 Å². The fourth-order valence-corrected chi connectivity index (χ4v) is 4.70. The predicted octanol–water partition coefficient (Wildman–Crippen LogP) is 3.80. The third-order valence-corrected chi connectivity index (χ3v) is 6.95. The van der Waals surface area contributed by atoms with Crippen LogP contribution in [0.15, 0.2) is 48.5 Å². The van der Waals surface area contributed by atoms with Gasteiger partial charge >= 0.3 is 6.09 Å². The van der Waals surface area contributed by atoms with Gasteiger partial charge in [-0.05, 0) is 36.8 Å². The van der Waals surface area contributed by atoms with Gasteiger partial charge in [0, 0.05) is 57.1 Å². The van der Waals surface area contributed by atoms with Crippen LogP contribution in [-0.2, 0) is 9.53 Å². The van der Waals surface area contributed by atoms with Crippen LogP contribution < -0.4 is 4.74 Å². The number of likely N-dealkylation sites (N-methyl/N-ethyl adjacent to an activating group) is 1. The Morgan fingerprint density at radius 1 is 1.06 bits per heavy atom. The lowest BCUT2D eigenvalue weighted by molar-refractivity contribution is -0.130. The van der Waals surface area contributed by atoms with Gasteiger partial charge in [0.05, 0.1) is 19.3 Å². The topological polar surface area (TPSA) is 62.3 Å². The van der Waals surface area contributed by atoms with Crippen molar-refractivity contribution in [3.63, 3.8) is 0 Å². The number of amides is 2. The van der Waals surface area contributed by atoms with E-state index in [-0.39, 0.29) is 17.9 Å². The molecule has 182 valence electrons. The Bertz CT molecular complexity index is 977. The van der Waals surface area contributed by atoms with E-state index in [1.165, 1.54) is 0 Å². The van der Waals surface area contributed by atoms with E-state index in [1.54, 1.807) is 24.1 Å². The molecule has 2 atom stereocenters. The molecule has 0 aromatic heterocycles. The third kappa shape index (κ3) is 6.09. The van der Waals surface area contributed by atoms with E-state index in [2.05, 4.69) is 4.90 Å². The highest BCUT2D eigenvalue weighted by atomic mass is 35.5. The van der Waals surface area contributed by atoms with Crippen molar-refractivity contribution >= 4 is 23.6 Å². The molecule has 0 bridgehead atoms. The Morgan fingerprint density at radius 3 is 2.41 bits per heavy atom. The largest absolute Gasteiger partial charge is 0.415 e. The summed E-state index contributed by atoms with van der Waals surface area (Å²) in [4.78, 5) is 31.8. The van der Waals surface area contributed by atoms with Crippen molar-refractivity contribution < 1.29 is 19.1 Å². The summed E-state index contributed by atoms with van der Waals surface area (Å²) in [5.74, 6) is 0.579. The first-order chi connectivity index (χ1) is 16.4. The third-order valence-electron chi connectivity index (χ3n) is 6.70. The number of hydrogen-bond donors (Lipinski definition) is 0. The second kappa shape index (κ2) is 11.2. The molecule has 2 fully saturated rings. The van der Waals surface area contributed by atoms with Crippen molar-refractivity contribution in [2.45, 2.75) is 25.3 Å². The first kappa shape index (κ1) is 24.5. The lowest BCUT2D eigenvalue weighted by atomic mass is 9.94. The first-order valence-corrected chi connectivity index (χ1v) is 12.1. The number of benzene rings is 2. The first-order valence-electron chi connectivity index (χ1n) is 11.8. The van der Waals surface area contributed by atoms with E-state index >= 15 is 0 Å². The van der Waals surface area contributed by atoms with Gasteiger partial charge in [0.15, 0.2) is 0 Å². The second-order valence-electron chi connectivity index (χ2n) is 9.02. The molecule has 34 heavy (non-hydrogen) atoms. The van der Waals surface area contributed by atoms with Gasteiger partial charge in [0.25, 0.3) is 0 Å². The molecule has 0 unspecified atom stereocenters. The van der Waals surface area contributed by atoms with Crippen LogP contribution in [0.25, 0.3) is 0 Å². The molecule has 2 saturated heterocycles. The van der Waals surface area contributed by atoms with E-state index in [9.17, 15) is 9.59 Å². The van der Waals surface area contributed by atoms with Crippen LogP contribution in [-0.4, -0.2) is 85.7 Å². The molecule has 0 spiro atoms. The van der Waals surface area contributed by atoms with Crippen molar-refractivity contribution in [2.24, 2.45) is 0 Å². The Morgan fingerprint density at radius 2 is 1.74 bits per heavy atom. The molecule has 4 rings (SSSR count). The molecule has 7 nitrogen and oxygen atoms in total. The standard InChI is InChI=1S/C26H32ClN3O4/c1-19-3-9-22(10-4-19)34-26(32)28(2)24-18-30(17-23(24)20-5-7-21(27)8-6-20)25(31)11-12-29-13-15-33-16-14-29/h3-10,23-24H,11-18H2,1-2H3/t23-,24+/m0/s1. The van der Waals surface area contributed by atoms with Crippen molar-refractivity contribution in [1.82, 2.24) is 14.7 Å². The summed E-state index contributed by atoms with van der Waals surface area (Å²) in [5.41, 5.74) is 2.14. The highest BCUT2D eigenvalue weighted by molar-refractivity contribution is 6.30. The molecular weight excluding hydrogens is 454 g/mol. The lowest BCUT2D eigenvalue weighted by Gasteiger charge is -2.28. The number of aryl methyl sites for hydroxylation is 1. The number of halogens is 1. The Labute approximate surface area is 206 Å². The van der Waals surface area contributed by atoms with Crippen LogP contribution in [0.1, 0.15) is 23.5 Å². The van der Waals surface area contributed by atoms with E-state index in [4.69, 9.17) is 21.1 Å². The van der Waals surface area contributed by atoms with E-state index in [1.807, 2.05) is 48.2 Å². The van der Waals surface area contributed by atoms with Crippen LogP contribution in [0.5, 0.6) is 5.75 Å². The van der Waals surface area contributed by atoms with Crippen molar-refractivity contribution in [2.75, 3.05) is 53.0 Å². The second-order valence-corrected chi connectivity index (χ2v) is 9.46. The molecule has 0 radical (unpaired) electrons. The molecule has 0 aliphatic carbocycles. The molecule has 2 aliphatic heterocycles. The Kier molecular flexibility index (Phi) is 8.08. The normalized spacial score (nSPS) is 20.9. The number of likely N-dealkylation sites (tertiary alicyclic amines) is 1. The van der Waals surface area contributed by atoms with Gasteiger partial charge in [-0.3, -0.25) is 9.69 Å². The van der Waals surface area contributed by atoms with E-state index < -0.39 is 6.09 Å². The van der Waals surface area contributed by atoms with Gasteiger partial charge in [-0.25, -0.2) is 4.79 Å². The monoisotopic (exact) mass is 485 g/mol. The number of ether oxygens (including phenoxy) is 2. The maximum absolute atomic E-state index is 13.1. The summed E-state index contributed by atoms with van der Waals surface area (Å²) >= 11 is 6.10. The van der Waals surface area contributed by atoms with Crippen molar-refractivity contribution in [1.29, 1.82) is 0 Å². The summed E-state index contributed by atoms with van der Waals surface area (Å²) in [5, 5.41) is 0.656. The van der Waals surface area contributed by atoms with Gasteiger partial charge in [-0.15, -0.1) is 0 Å². The molecule has 2 heterocycles. The average Bonchev–Trinajstić information content (AvgIpc) is 3.30. The summed E-state index contributed by atoms with van der Waals surface area (Å²) < 4.78 is 11.0. The van der Waals surface area contributed by atoms with Crippen LogP contribution in [0.3, 0.4) is 0 Å². The van der Waals surface area contributed by atoms with Crippen LogP contribution in [0, 0.1) is 6.92 Å². The Balaban J connectivity index is 1.45. The smallest absolute Gasteiger partial charge is 0.410 e. The fourth-order valence-electron chi connectivity index (χ4n) is 4.57. The van der Waals surface area contributed by atoms with Gasteiger partial charge in [0.2, 0.25) is 5.91 Å². The highest BCUT2D eigenvalue weighted by Gasteiger charge is 2.40.